The minimum atomic E-state index is -4.49. The number of hydrogen-bond donors (Lipinski definition) is 2. The van der Waals surface area contributed by atoms with Crippen LogP contribution in [0.3, 0.4) is 0 Å². The monoisotopic (exact) mass is 319 g/mol. The van der Waals surface area contributed by atoms with Gasteiger partial charge in [0.15, 0.2) is 0 Å². The molecule has 0 saturated heterocycles. The number of aliphatic hydroxyl groups excluding tert-OH is 1. The molecule has 7 heteroatoms. The summed E-state index contributed by atoms with van der Waals surface area (Å²) < 4.78 is 40.6. The van der Waals surface area contributed by atoms with Crippen molar-refractivity contribution in [2.75, 3.05) is 13.2 Å². The summed E-state index contributed by atoms with van der Waals surface area (Å²) in [6, 6.07) is 6.58. The minimum absolute atomic E-state index is 0.358. The number of hydrogen-bond acceptors (Lipinski definition) is 3. The van der Waals surface area contributed by atoms with Crippen LogP contribution in [-0.4, -0.2) is 36.5 Å². The average Bonchev–Trinajstić information content (AvgIpc) is 2.49. The number of aliphatic hydroxyl groups is 1. The summed E-state index contributed by atoms with van der Waals surface area (Å²) in [6.45, 7) is 1.38. The lowest BCUT2D eigenvalue weighted by Gasteiger charge is -2.20. The molecule has 0 aliphatic heterocycles. The quantitative estimate of drug-likeness (QED) is 0.811. The number of rotatable bonds is 7. The molecule has 0 saturated carbocycles. The highest BCUT2D eigenvalue weighted by atomic mass is 19.4. The third-order valence-corrected chi connectivity index (χ3v) is 3.16. The SMILES string of the molecule is CCc1ccc(C(CO)NC(=O)C(C)OCC(F)(F)F)cc1. The van der Waals surface area contributed by atoms with Gasteiger partial charge in [0, 0.05) is 0 Å². The molecule has 1 aromatic rings. The van der Waals surface area contributed by atoms with E-state index >= 15 is 0 Å². The number of aryl methyl sites for hydroxylation is 1. The summed E-state index contributed by atoms with van der Waals surface area (Å²) in [4.78, 5) is 11.8. The molecule has 0 heterocycles. The van der Waals surface area contributed by atoms with Crippen LogP contribution in [0.25, 0.3) is 0 Å². The molecular weight excluding hydrogens is 299 g/mol. The van der Waals surface area contributed by atoms with Gasteiger partial charge in [0.1, 0.15) is 12.7 Å². The Hall–Kier alpha value is -1.60. The summed E-state index contributed by atoms with van der Waals surface area (Å²) in [5.41, 5.74) is 1.78. The van der Waals surface area contributed by atoms with E-state index in [1.807, 2.05) is 19.1 Å². The number of carbonyl (C=O) groups excluding carboxylic acids is 1. The van der Waals surface area contributed by atoms with Crippen molar-refractivity contribution >= 4 is 5.91 Å². The number of nitrogens with one attached hydrogen (secondary N) is 1. The maximum atomic E-state index is 12.0. The molecule has 2 N–H and O–H groups in total. The number of amides is 1. The molecule has 1 aromatic carbocycles. The first-order valence-corrected chi connectivity index (χ1v) is 6.95. The second-order valence-electron chi connectivity index (χ2n) is 4.91. The van der Waals surface area contributed by atoms with Crippen LogP contribution in [0.1, 0.15) is 31.0 Å². The zero-order valence-corrected chi connectivity index (χ0v) is 12.5. The highest BCUT2D eigenvalue weighted by Crippen LogP contribution is 2.17. The fourth-order valence-electron chi connectivity index (χ4n) is 1.80. The Labute approximate surface area is 127 Å². The van der Waals surface area contributed by atoms with E-state index in [1.165, 1.54) is 6.92 Å². The molecule has 0 aliphatic rings. The van der Waals surface area contributed by atoms with Gasteiger partial charge in [-0.05, 0) is 24.5 Å². The summed E-state index contributed by atoms with van der Waals surface area (Å²) >= 11 is 0. The molecule has 22 heavy (non-hydrogen) atoms. The molecule has 2 unspecified atom stereocenters. The van der Waals surface area contributed by atoms with Gasteiger partial charge in [-0.1, -0.05) is 31.2 Å². The zero-order chi connectivity index (χ0) is 16.8. The van der Waals surface area contributed by atoms with E-state index in [-0.39, 0.29) is 6.61 Å². The normalized spacial score (nSPS) is 14.5. The second-order valence-corrected chi connectivity index (χ2v) is 4.91. The summed E-state index contributed by atoms with van der Waals surface area (Å²) in [6.07, 6.45) is -4.88. The number of alkyl halides is 3. The van der Waals surface area contributed by atoms with E-state index in [0.29, 0.717) is 5.56 Å². The zero-order valence-electron chi connectivity index (χ0n) is 12.5. The van der Waals surface area contributed by atoms with Crippen LogP contribution in [0.15, 0.2) is 24.3 Å². The lowest BCUT2D eigenvalue weighted by molar-refractivity contribution is -0.185. The average molecular weight is 319 g/mol. The first-order chi connectivity index (χ1) is 10.3. The van der Waals surface area contributed by atoms with Crippen LogP contribution in [0.2, 0.25) is 0 Å². The highest BCUT2D eigenvalue weighted by Gasteiger charge is 2.30. The molecule has 124 valence electrons. The third kappa shape index (κ3) is 6.03. The number of ether oxygens (including phenoxy) is 1. The largest absolute Gasteiger partial charge is 0.411 e. The Morgan fingerprint density at radius 3 is 2.36 bits per heavy atom. The molecule has 4 nitrogen and oxygen atoms in total. The topological polar surface area (TPSA) is 58.6 Å². The van der Waals surface area contributed by atoms with E-state index < -0.39 is 30.8 Å². The predicted molar refractivity (Wildman–Crippen MR) is 75.3 cm³/mol. The number of halogens is 3. The Balaban J connectivity index is 2.62. The Morgan fingerprint density at radius 2 is 1.91 bits per heavy atom. The van der Waals surface area contributed by atoms with E-state index in [1.54, 1.807) is 12.1 Å². The summed E-state index contributed by atoms with van der Waals surface area (Å²) in [7, 11) is 0. The number of benzene rings is 1. The van der Waals surface area contributed by atoms with Crippen molar-refractivity contribution in [2.24, 2.45) is 0 Å². The molecule has 0 aliphatic carbocycles. The van der Waals surface area contributed by atoms with Crippen LogP contribution in [-0.2, 0) is 16.0 Å². The maximum absolute atomic E-state index is 12.0. The summed E-state index contributed by atoms with van der Waals surface area (Å²) in [5, 5.41) is 11.8. The van der Waals surface area contributed by atoms with E-state index in [9.17, 15) is 23.1 Å². The molecule has 0 radical (unpaired) electrons. The molecule has 0 aromatic heterocycles. The second kappa shape index (κ2) is 8.14. The molecule has 1 amide bonds. The standard InChI is InChI=1S/C15H20F3NO3/c1-3-11-4-6-12(7-5-11)13(8-20)19-14(21)10(2)22-9-15(16,17)18/h4-7,10,13,20H,3,8-9H2,1-2H3,(H,19,21). The van der Waals surface area contributed by atoms with Gasteiger partial charge >= 0.3 is 6.18 Å². The molecule has 0 spiro atoms. The maximum Gasteiger partial charge on any atom is 0.411 e. The van der Waals surface area contributed by atoms with Crippen molar-refractivity contribution < 1.29 is 27.8 Å². The van der Waals surface area contributed by atoms with Crippen molar-refractivity contribution in [1.82, 2.24) is 5.32 Å². The Morgan fingerprint density at radius 1 is 1.32 bits per heavy atom. The van der Waals surface area contributed by atoms with Gasteiger partial charge in [-0.15, -0.1) is 0 Å². The fraction of sp³-hybridized carbons (Fsp3) is 0.533. The number of carbonyl (C=O) groups is 1. The molecular formula is C15H20F3NO3. The smallest absolute Gasteiger partial charge is 0.394 e. The lowest BCUT2D eigenvalue weighted by atomic mass is 10.0. The van der Waals surface area contributed by atoms with E-state index in [4.69, 9.17) is 0 Å². The van der Waals surface area contributed by atoms with Crippen LogP contribution in [0, 0.1) is 0 Å². The van der Waals surface area contributed by atoms with Gasteiger partial charge in [-0.2, -0.15) is 13.2 Å². The van der Waals surface area contributed by atoms with Crippen LogP contribution < -0.4 is 5.32 Å². The van der Waals surface area contributed by atoms with Crippen molar-refractivity contribution in [2.45, 2.75) is 38.6 Å². The first-order valence-electron chi connectivity index (χ1n) is 6.95. The summed E-state index contributed by atoms with van der Waals surface area (Å²) in [5.74, 6) is -0.706. The lowest BCUT2D eigenvalue weighted by Crippen LogP contribution is -2.39. The van der Waals surface area contributed by atoms with Gasteiger partial charge in [0.25, 0.3) is 0 Å². The van der Waals surface area contributed by atoms with Crippen molar-refractivity contribution in [3.05, 3.63) is 35.4 Å². The van der Waals surface area contributed by atoms with Crippen LogP contribution in [0.5, 0.6) is 0 Å². The van der Waals surface area contributed by atoms with Crippen molar-refractivity contribution in [3.63, 3.8) is 0 Å². The Kier molecular flexibility index (Phi) is 6.83. The van der Waals surface area contributed by atoms with Gasteiger partial charge in [-0.3, -0.25) is 4.79 Å². The Bertz CT molecular complexity index is 474. The highest BCUT2D eigenvalue weighted by molar-refractivity contribution is 5.80. The van der Waals surface area contributed by atoms with E-state index in [2.05, 4.69) is 10.1 Å². The minimum Gasteiger partial charge on any atom is -0.394 e. The van der Waals surface area contributed by atoms with Crippen molar-refractivity contribution in [3.8, 4) is 0 Å². The fourth-order valence-corrected chi connectivity index (χ4v) is 1.80. The third-order valence-electron chi connectivity index (χ3n) is 3.16. The molecule has 0 fully saturated rings. The molecule has 1 rings (SSSR count). The molecule has 0 bridgehead atoms. The van der Waals surface area contributed by atoms with Crippen LogP contribution in [0.4, 0.5) is 13.2 Å². The predicted octanol–water partition coefficient (Wildman–Crippen LogP) is 2.37. The van der Waals surface area contributed by atoms with Gasteiger partial charge in [0.05, 0.1) is 12.6 Å². The van der Waals surface area contributed by atoms with Crippen LogP contribution >= 0.6 is 0 Å². The van der Waals surface area contributed by atoms with Crippen molar-refractivity contribution in [1.29, 1.82) is 0 Å². The molecule has 2 atom stereocenters. The van der Waals surface area contributed by atoms with Gasteiger partial charge in [-0.25, -0.2) is 0 Å². The van der Waals surface area contributed by atoms with Gasteiger partial charge < -0.3 is 15.2 Å². The van der Waals surface area contributed by atoms with E-state index in [0.717, 1.165) is 12.0 Å². The van der Waals surface area contributed by atoms with Gasteiger partial charge in [0.2, 0.25) is 5.91 Å². The first kappa shape index (κ1) is 18.4.